The van der Waals surface area contributed by atoms with Gasteiger partial charge in [0.05, 0.1) is 1.37 Å². The first-order valence-electron chi connectivity index (χ1n) is 31.5. The van der Waals surface area contributed by atoms with Crippen LogP contribution in [0.25, 0.3) is 78.0 Å². The molecule has 14 rings (SSSR count). The van der Waals surface area contributed by atoms with Gasteiger partial charge in [-0.3, -0.25) is 0 Å². The van der Waals surface area contributed by atoms with E-state index in [2.05, 4.69) is 86.1 Å². The van der Waals surface area contributed by atoms with E-state index in [1.165, 1.54) is 0 Å². The van der Waals surface area contributed by atoms with Crippen LogP contribution in [0.1, 0.15) is 69.1 Å². The van der Waals surface area contributed by atoms with E-state index in [1.54, 1.807) is 18.2 Å². The average molecular weight is 1190 g/mol. The zero-order valence-corrected chi connectivity index (χ0v) is 45.2. The number of nitrogens with zero attached hydrogens (tertiary/aromatic N) is 5. The van der Waals surface area contributed by atoms with Crippen LogP contribution in [0.2, 0.25) is 0 Å². The molecule has 0 spiro atoms. The Morgan fingerprint density at radius 3 is 1.94 bits per heavy atom. The molecule has 0 saturated heterocycles. The third-order valence-corrected chi connectivity index (χ3v) is 15.5. The third-order valence-electron chi connectivity index (χ3n) is 14.5. The zero-order chi connectivity index (χ0) is 62.8. The molecule has 0 atom stereocenters. The molecule has 6 nitrogen and oxygen atoms in total. The van der Waals surface area contributed by atoms with Gasteiger partial charge >= 0.3 is 408 Å². The summed E-state index contributed by atoms with van der Waals surface area (Å²) < 4.78 is 122. The van der Waals surface area contributed by atoms with E-state index in [0.717, 1.165) is 44.8 Å². The number of ether oxygens (including phenoxy) is 1. The zero-order valence-electron chi connectivity index (χ0n) is 54.9. The summed E-state index contributed by atoms with van der Waals surface area (Å²) in [5.41, 5.74) is 11.1. The monoisotopic (exact) mass is 1190 g/mol. The van der Waals surface area contributed by atoms with Gasteiger partial charge in [-0.25, -0.2) is 0 Å². The fourth-order valence-electron chi connectivity index (χ4n) is 11.3. The SMILES string of the molecule is [2H]c1c([2H])c([2H])c(-c2cc3c(nc2Oc2[c-]c(-n4[c](=[Pt])n(-c5c(-c6ccc(C(C)(C)C)cc6)cc(C([2H])([2H])C(C)(C)C)cc5-c5c([2H])c([2H])c([2H])c([2H])c5[2H])c5ccccc54)ccc2)N2B4c5c(cccc5-3)-c3ccccc3N4c3ccc[c-]c32)c([2H])c1[2H]. The van der Waals surface area contributed by atoms with Crippen LogP contribution in [0.4, 0.5) is 22.9 Å². The Bertz CT molecular complexity index is 4900. The van der Waals surface area contributed by atoms with Gasteiger partial charge in [-0.15, -0.1) is 6.07 Å². The van der Waals surface area contributed by atoms with E-state index in [-0.39, 0.29) is 44.9 Å². The minimum atomic E-state index is -2.00. The van der Waals surface area contributed by atoms with Gasteiger partial charge in [0, 0.05) is 11.3 Å². The van der Waals surface area contributed by atoms with Crippen LogP contribution in [0.5, 0.6) is 11.6 Å². The molecule has 77 heavy (non-hydrogen) atoms. The number of hydrogen-bond acceptors (Lipinski definition) is 4. The molecule has 11 aromatic rings. The van der Waals surface area contributed by atoms with Gasteiger partial charge in [0.1, 0.15) is 0 Å². The number of para-hydroxylation sites is 4. The molecule has 9 aromatic carbocycles. The fourth-order valence-corrected chi connectivity index (χ4v) is 12.3. The maximum absolute atomic E-state index is 9.72. The Morgan fingerprint density at radius 1 is 0.597 bits per heavy atom. The normalized spacial score (nSPS) is 15.5. The number of fused-ring (bicyclic) bond motifs is 10. The van der Waals surface area contributed by atoms with E-state index in [0.29, 0.717) is 48.7 Å². The molecule has 376 valence electrons. The van der Waals surface area contributed by atoms with Crippen molar-refractivity contribution in [1.29, 1.82) is 0 Å². The van der Waals surface area contributed by atoms with Crippen molar-refractivity contribution in [2.45, 2.75) is 53.3 Å². The van der Waals surface area contributed by atoms with E-state index in [1.807, 2.05) is 133 Å². The summed E-state index contributed by atoms with van der Waals surface area (Å²) in [6.07, 6.45) is -2.00. The molecule has 0 unspecified atom stereocenters. The van der Waals surface area contributed by atoms with Gasteiger partial charge in [-0.1, -0.05) is 30.3 Å². The number of benzene rings is 9. The molecule has 0 N–H and O–H groups in total. The predicted molar refractivity (Wildman–Crippen MR) is 313 cm³/mol. The number of pyridine rings is 1. The van der Waals surface area contributed by atoms with Gasteiger partial charge in [-0.05, 0) is 11.6 Å². The van der Waals surface area contributed by atoms with Crippen LogP contribution in [0, 0.1) is 21.4 Å². The molecule has 0 fully saturated rings. The van der Waals surface area contributed by atoms with Crippen molar-refractivity contribution < 1.29 is 40.5 Å². The Hall–Kier alpha value is -8.25. The summed E-state index contributed by atoms with van der Waals surface area (Å²) in [5.74, 6) is 0.613. The van der Waals surface area contributed by atoms with E-state index in [9.17, 15) is 8.22 Å². The van der Waals surface area contributed by atoms with Gasteiger partial charge in [0.25, 0.3) is 0 Å². The first kappa shape index (κ1) is 35.9. The Morgan fingerprint density at radius 2 is 1.22 bits per heavy atom. The fraction of sp³-hybridized carbons (Fsp3) is 0.130. The van der Waals surface area contributed by atoms with E-state index >= 15 is 0 Å². The van der Waals surface area contributed by atoms with Gasteiger partial charge in [-0.2, -0.15) is 12.1 Å². The van der Waals surface area contributed by atoms with Crippen LogP contribution < -0.4 is 19.8 Å². The van der Waals surface area contributed by atoms with Gasteiger partial charge in [0.2, 0.25) is 0 Å². The van der Waals surface area contributed by atoms with Crippen LogP contribution in [-0.4, -0.2) is 21.1 Å². The summed E-state index contributed by atoms with van der Waals surface area (Å²) >= 11 is 2.22. The molecular weight excluding hydrogens is 1120 g/mol. The minimum absolute atomic E-state index is 0.0507. The summed E-state index contributed by atoms with van der Waals surface area (Å²) in [4.78, 5) is 9.84. The van der Waals surface area contributed by atoms with Crippen molar-refractivity contribution in [3.8, 4) is 78.6 Å². The van der Waals surface area contributed by atoms with Crippen LogP contribution in [0.3, 0.4) is 0 Å². The Balaban J connectivity index is 1.01. The van der Waals surface area contributed by atoms with Crippen molar-refractivity contribution in [1.82, 2.24) is 14.1 Å². The Kier molecular flexibility index (Phi) is 8.36. The number of hydrogen-bond donors (Lipinski definition) is 0. The molecule has 0 bridgehead atoms. The Labute approximate surface area is 478 Å². The van der Waals surface area contributed by atoms with Crippen LogP contribution in [-0.2, 0) is 31.1 Å². The molecule has 3 aliphatic heterocycles. The summed E-state index contributed by atoms with van der Waals surface area (Å²) in [7, 11) is 0. The second-order valence-electron chi connectivity index (χ2n) is 21.5. The molecule has 5 heterocycles. The second-order valence-corrected chi connectivity index (χ2v) is 22.6. The molecule has 0 radical (unpaired) electrons. The molecular formula is C69H54BN5OPt-2. The number of imidazole rings is 1. The summed E-state index contributed by atoms with van der Waals surface area (Å²) in [5, 5.41) is 0. The van der Waals surface area contributed by atoms with Crippen molar-refractivity contribution >= 4 is 46.4 Å². The maximum atomic E-state index is 9.72. The van der Waals surface area contributed by atoms with Crippen molar-refractivity contribution in [3.05, 3.63) is 233 Å². The molecule has 2 aromatic heterocycles. The average Bonchev–Trinajstić information content (AvgIpc) is 1.62. The standard InChI is InChI=1S/C69H54BN5O.Pt/c1-68(2,3)43-45-39-55(46-21-9-7-10-22-46)65(56(40-45)48-35-37-49(38-36-48)69(4,5)6)73-44-72(60-31-15-16-32-61(60)73)50-25-19-26-51(41-50)76-67-57(47-23-11-8-12-24-47)42-58-54-29-20-28-53-52-27-13-14-30-59(52)74-62-33-17-18-34-63(62)75(66(58)71-67)70(74)64(53)54;/h7-33,35-40,42H,43H2,1-6H3;/q-2;/i7D,8D,9D,10D,11D,12D,21D,22D,23D,24D,43D2;. The third kappa shape index (κ3) is 7.80. The first-order valence-corrected chi connectivity index (χ1v) is 26.6. The van der Waals surface area contributed by atoms with Crippen molar-refractivity contribution in [2.24, 2.45) is 5.41 Å². The molecule has 3 aliphatic rings. The second kappa shape index (κ2) is 17.9. The first-order chi connectivity index (χ1) is 42.3. The van der Waals surface area contributed by atoms with Crippen molar-refractivity contribution in [3.63, 3.8) is 0 Å². The topological polar surface area (TPSA) is 38.5 Å². The van der Waals surface area contributed by atoms with Gasteiger partial charge in [0.15, 0.2) is 0 Å². The molecule has 8 heteroatoms. The van der Waals surface area contributed by atoms with Crippen molar-refractivity contribution in [2.75, 3.05) is 9.62 Å². The number of rotatable bonds is 8. The summed E-state index contributed by atoms with van der Waals surface area (Å²) in [6.45, 7) is 11.4. The van der Waals surface area contributed by atoms with E-state index < -0.39 is 79.2 Å². The number of aromatic nitrogens is 3. The van der Waals surface area contributed by atoms with Crippen LogP contribution >= 0.6 is 0 Å². The van der Waals surface area contributed by atoms with Crippen LogP contribution in [0.15, 0.2) is 206 Å². The molecule has 0 aliphatic carbocycles. The molecule has 0 amide bonds. The quantitative estimate of drug-likeness (QED) is 0.112. The predicted octanol–water partition coefficient (Wildman–Crippen LogP) is 16.8. The summed E-state index contributed by atoms with van der Waals surface area (Å²) in [6, 6.07) is 48.7. The molecule has 0 saturated carbocycles. The van der Waals surface area contributed by atoms with Gasteiger partial charge < -0.3 is 0 Å². The number of anilines is 4. The van der Waals surface area contributed by atoms with E-state index in [4.69, 9.17) is 17.9 Å².